The molecule has 32 heavy (non-hydrogen) atoms. The number of halogens is 4. The number of alkyl halides is 3. The van der Waals surface area contributed by atoms with Crippen LogP contribution in [-0.4, -0.2) is 44.8 Å². The van der Waals surface area contributed by atoms with Crippen LogP contribution in [0, 0.1) is 5.82 Å². The first-order chi connectivity index (χ1) is 15.2. The van der Waals surface area contributed by atoms with Crippen LogP contribution in [0.4, 0.5) is 23.2 Å². The summed E-state index contributed by atoms with van der Waals surface area (Å²) in [6, 6.07) is 10.1. The molecule has 0 spiro atoms. The van der Waals surface area contributed by atoms with Crippen molar-refractivity contribution in [3.8, 4) is 5.69 Å². The minimum absolute atomic E-state index is 0.108. The van der Waals surface area contributed by atoms with Gasteiger partial charge in [0.1, 0.15) is 5.82 Å². The monoisotopic (exact) mass is 447 g/mol. The Morgan fingerprint density at radius 1 is 1.00 bits per heavy atom. The van der Waals surface area contributed by atoms with E-state index in [1.807, 2.05) is 0 Å². The van der Waals surface area contributed by atoms with Crippen LogP contribution in [0.25, 0.3) is 5.69 Å². The highest BCUT2D eigenvalue weighted by atomic mass is 19.4. The maximum Gasteiger partial charge on any atom is 0.435 e. The molecule has 2 amide bonds. The molecule has 7 nitrogen and oxygen atoms in total. The summed E-state index contributed by atoms with van der Waals surface area (Å²) >= 11 is 0. The smallest absolute Gasteiger partial charge is 0.339 e. The van der Waals surface area contributed by atoms with Gasteiger partial charge in [0.25, 0.3) is 11.8 Å². The van der Waals surface area contributed by atoms with E-state index in [2.05, 4.69) is 15.6 Å². The van der Waals surface area contributed by atoms with Crippen LogP contribution < -0.4 is 5.32 Å². The number of likely N-dealkylation sites (tertiary alicyclic amines) is 1. The Hall–Kier alpha value is -3.76. The number of benzene rings is 2. The number of amides is 2. The zero-order valence-electron chi connectivity index (χ0n) is 16.6. The predicted molar refractivity (Wildman–Crippen MR) is 106 cm³/mol. The Balaban J connectivity index is 1.62. The van der Waals surface area contributed by atoms with E-state index in [4.69, 9.17) is 0 Å². The van der Waals surface area contributed by atoms with Gasteiger partial charge < -0.3 is 10.2 Å². The predicted octanol–water partition coefficient (Wildman–Crippen LogP) is 3.91. The maximum absolute atomic E-state index is 13.7. The van der Waals surface area contributed by atoms with Crippen molar-refractivity contribution < 1.29 is 27.2 Å². The van der Waals surface area contributed by atoms with Crippen LogP contribution in [0.3, 0.4) is 0 Å². The zero-order chi connectivity index (χ0) is 22.9. The highest BCUT2D eigenvalue weighted by Crippen LogP contribution is 2.33. The van der Waals surface area contributed by atoms with E-state index in [9.17, 15) is 27.2 Å². The summed E-state index contributed by atoms with van der Waals surface area (Å²) in [6.07, 6.45) is -3.14. The van der Waals surface area contributed by atoms with Gasteiger partial charge in [-0.2, -0.15) is 13.2 Å². The lowest BCUT2D eigenvalue weighted by molar-refractivity contribution is -0.143. The summed E-state index contributed by atoms with van der Waals surface area (Å²) in [6.45, 7) is 1.27. The van der Waals surface area contributed by atoms with Gasteiger partial charge in [-0.25, -0.2) is 9.07 Å². The summed E-state index contributed by atoms with van der Waals surface area (Å²) in [5.74, 6) is -1.99. The molecule has 0 bridgehead atoms. The summed E-state index contributed by atoms with van der Waals surface area (Å²) < 4.78 is 54.8. The van der Waals surface area contributed by atoms with Gasteiger partial charge in [0.05, 0.1) is 5.69 Å². The number of carbonyl (C=O) groups is 2. The molecule has 1 aliphatic heterocycles. The summed E-state index contributed by atoms with van der Waals surface area (Å²) in [7, 11) is 0. The van der Waals surface area contributed by atoms with Crippen molar-refractivity contribution in [3.05, 3.63) is 71.3 Å². The van der Waals surface area contributed by atoms with Crippen molar-refractivity contribution in [1.82, 2.24) is 19.9 Å². The molecule has 1 aromatic heterocycles. The molecule has 1 saturated heterocycles. The lowest BCUT2D eigenvalue weighted by atomic mass is 10.1. The molecule has 0 radical (unpaired) electrons. The Kier molecular flexibility index (Phi) is 5.64. The second kappa shape index (κ2) is 8.40. The molecular weight excluding hydrogens is 430 g/mol. The van der Waals surface area contributed by atoms with Gasteiger partial charge in [0, 0.05) is 24.3 Å². The largest absolute Gasteiger partial charge is 0.435 e. The molecular formula is C21H17F4N5O2. The molecule has 0 unspecified atom stereocenters. The number of anilines is 1. The standard InChI is InChI=1S/C21H17F4N5O2/c22-14-6-8-16(9-7-14)30-18(21(23,24)25)17(27-28-30)19(31)26-15-5-3-4-13(12-15)20(32)29-10-1-2-11-29/h3-9,12H,1-2,10-11H2,(H,26,31). The molecule has 2 heterocycles. The molecule has 1 N–H and O–H groups in total. The third-order valence-corrected chi connectivity index (χ3v) is 4.99. The number of aromatic nitrogens is 3. The van der Waals surface area contributed by atoms with Crippen molar-refractivity contribution in [3.63, 3.8) is 0 Å². The van der Waals surface area contributed by atoms with Crippen LogP contribution in [0.2, 0.25) is 0 Å². The minimum Gasteiger partial charge on any atom is -0.339 e. The SMILES string of the molecule is O=C(Nc1cccc(C(=O)N2CCCC2)c1)c1nnn(-c2ccc(F)cc2)c1C(F)(F)F. The van der Waals surface area contributed by atoms with Crippen LogP contribution in [-0.2, 0) is 6.18 Å². The first-order valence-corrected chi connectivity index (χ1v) is 9.73. The van der Waals surface area contributed by atoms with Gasteiger partial charge in [0.15, 0.2) is 11.4 Å². The number of hydrogen-bond acceptors (Lipinski definition) is 4. The van der Waals surface area contributed by atoms with E-state index in [1.165, 1.54) is 18.2 Å². The maximum atomic E-state index is 13.7. The number of hydrogen-bond donors (Lipinski definition) is 1. The lowest BCUT2D eigenvalue weighted by Gasteiger charge is -2.16. The molecule has 2 aromatic carbocycles. The lowest BCUT2D eigenvalue weighted by Crippen LogP contribution is -2.27. The molecule has 1 aliphatic rings. The molecule has 11 heteroatoms. The first kappa shape index (κ1) is 21.5. The van der Waals surface area contributed by atoms with Crippen LogP contribution in [0.5, 0.6) is 0 Å². The van der Waals surface area contributed by atoms with E-state index in [0.29, 0.717) is 23.3 Å². The average molecular weight is 447 g/mol. The summed E-state index contributed by atoms with van der Waals surface area (Å²) in [5.41, 5.74) is -1.99. The molecule has 0 saturated carbocycles. The van der Waals surface area contributed by atoms with Crippen molar-refractivity contribution in [2.75, 3.05) is 18.4 Å². The van der Waals surface area contributed by atoms with Crippen LogP contribution in [0.1, 0.15) is 39.4 Å². The fourth-order valence-corrected chi connectivity index (χ4v) is 3.48. The highest BCUT2D eigenvalue weighted by molar-refractivity contribution is 6.04. The molecule has 0 atom stereocenters. The highest BCUT2D eigenvalue weighted by Gasteiger charge is 2.42. The van der Waals surface area contributed by atoms with Crippen molar-refractivity contribution in [1.29, 1.82) is 0 Å². The number of carbonyl (C=O) groups excluding carboxylic acids is 2. The van der Waals surface area contributed by atoms with Crippen molar-refractivity contribution in [2.45, 2.75) is 19.0 Å². The Morgan fingerprint density at radius 2 is 1.69 bits per heavy atom. The van der Waals surface area contributed by atoms with E-state index >= 15 is 0 Å². The third-order valence-electron chi connectivity index (χ3n) is 4.99. The molecule has 0 aliphatic carbocycles. The van der Waals surface area contributed by atoms with E-state index in [-0.39, 0.29) is 17.3 Å². The second-order valence-electron chi connectivity index (χ2n) is 7.21. The normalized spacial score (nSPS) is 13.9. The van der Waals surface area contributed by atoms with Crippen LogP contribution >= 0.6 is 0 Å². The van der Waals surface area contributed by atoms with Gasteiger partial charge in [-0.1, -0.05) is 11.3 Å². The summed E-state index contributed by atoms with van der Waals surface area (Å²) in [5, 5.41) is 9.20. The van der Waals surface area contributed by atoms with Crippen molar-refractivity contribution in [2.24, 2.45) is 0 Å². The van der Waals surface area contributed by atoms with Crippen LogP contribution in [0.15, 0.2) is 48.5 Å². The van der Waals surface area contributed by atoms with Crippen molar-refractivity contribution >= 4 is 17.5 Å². The van der Waals surface area contributed by atoms with Gasteiger partial charge in [-0.05, 0) is 55.3 Å². The minimum atomic E-state index is -4.96. The quantitative estimate of drug-likeness (QED) is 0.615. The molecule has 3 aromatic rings. The molecule has 1 fully saturated rings. The summed E-state index contributed by atoms with van der Waals surface area (Å²) in [4.78, 5) is 26.8. The zero-order valence-corrected chi connectivity index (χ0v) is 16.6. The number of nitrogens with zero attached hydrogens (tertiary/aromatic N) is 4. The van der Waals surface area contributed by atoms with E-state index < -0.39 is 29.3 Å². The average Bonchev–Trinajstić information content (AvgIpc) is 3.44. The second-order valence-corrected chi connectivity index (χ2v) is 7.21. The fourth-order valence-electron chi connectivity index (χ4n) is 3.48. The van der Waals surface area contributed by atoms with E-state index in [1.54, 1.807) is 11.0 Å². The molecule has 4 rings (SSSR count). The Morgan fingerprint density at radius 3 is 2.34 bits per heavy atom. The number of rotatable bonds is 4. The fraction of sp³-hybridized carbons (Fsp3) is 0.238. The van der Waals surface area contributed by atoms with Gasteiger partial charge in [-0.15, -0.1) is 5.10 Å². The topological polar surface area (TPSA) is 80.1 Å². The number of nitrogens with one attached hydrogen (secondary N) is 1. The van der Waals surface area contributed by atoms with Gasteiger partial charge in [-0.3, -0.25) is 9.59 Å². The van der Waals surface area contributed by atoms with E-state index in [0.717, 1.165) is 37.1 Å². The Labute approximate surface area is 179 Å². The molecule has 166 valence electrons. The van der Waals surface area contributed by atoms with Gasteiger partial charge >= 0.3 is 6.18 Å². The first-order valence-electron chi connectivity index (χ1n) is 9.73. The third kappa shape index (κ3) is 4.32. The Bertz CT molecular complexity index is 1150. The van der Waals surface area contributed by atoms with Gasteiger partial charge in [0.2, 0.25) is 0 Å².